The fourth-order valence-electron chi connectivity index (χ4n) is 1.52. The molecule has 0 saturated carbocycles. The van der Waals surface area contributed by atoms with Gasteiger partial charge in [0.25, 0.3) is 0 Å². The second kappa shape index (κ2) is 3.66. The third-order valence-corrected chi connectivity index (χ3v) is 2.59. The summed E-state index contributed by atoms with van der Waals surface area (Å²) in [5.74, 6) is -1.33. The lowest BCUT2D eigenvalue weighted by atomic mass is 10.1. The molecular formula is C10H7BrFNO2. The van der Waals surface area contributed by atoms with Gasteiger partial charge in [0, 0.05) is 16.1 Å². The van der Waals surface area contributed by atoms with Crippen LogP contribution < -0.4 is 0 Å². The van der Waals surface area contributed by atoms with Crippen molar-refractivity contribution in [3.63, 3.8) is 0 Å². The monoisotopic (exact) mass is 271 g/mol. The zero-order chi connectivity index (χ0) is 11.0. The first kappa shape index (κ1) is 10.2. The fraction of sp³-hybridized carbons (Fsp3) is 0.100. The van der Waals surface area contributed by atoms with E-state index in [0.29, 0.717) is 20.9 Å². The number of hydrogen-bond acceptors (Lipinski definition) is 1. The van der Waals surface area contributed by atoms with Crippen LogP contribution in [0.25, 0.3) is 10.9 Å². The summed E-state index contributed by atoms with van der Waals surface area (Å²) < 4.78 is 14.0. The van der Waals surface area contributed by atoms with Gasteiger partial charge in [0.2, 0.25) is 0 Å². The summed E-state index contributed by atoms with van der Waals surface area (Å²) in [7, 11) is 0. The molecule has 1 heterocycles. The number of benzene rings is 1. The van der Waals surface area contributed by atoms with Crippen LogP contribution in [0.1, 0.15) is 5.56 Å². The van der Waals surface area contributed by atoms with Crippen molar-refractivity contribution in [1.82, 2.24) is 4.98 Å². The van der Waals surface area contributed by atoms with Crippen molar-refractivity contribution >= 4 is 32.8 Å². The smallest absolute Gasteiger partial charge is 0.307 e. The topological polar surface area (TPSA) is 53.1 Å². The summed E-state index contributed by atoms with van der Waals surface area (Å²) in [5, 5.41) is 9.27. The minimum absolute atomic E-state index is 0.115. The number of aliphatic carboxylic acids is 1. The van der Waals surface area contributed by atoms with E-state index in [0.717, 1.165) is 0 Å². The number of H-pyrrole nitrogens is 1. The Labute approximate surface area is 93.0 Å². The maximum absolute atomic E-state index is 13.4. The van der Waals surface area contributed by atoms with E-state index in [1.54, 1.807) is 6.07 Å². The summed E-state index contributed by atoms with van der Waals surface area (Å²) >= 11 is 3.17. The number of aromatic amines is 1. The molecule has 2 rings (SSSR count). The van der Waals surface area contributed by atoms with Crippen molar-refractivity contribution in [2.24, 2.45) is 0 Å². The minimum atomic E-state index is -0.934. The van der Waals surface area contributed by atoms with Crippen molar-refractivity contribution < 1.29 is 14.3 Å². The number of carboxylic acids is 1. The molecule has 0 aliphatic rings. The summed E-state index contributed by atoms with van der Waals surface area (Å²) in [6.07, 6.45) is 1.41. The SMILES string of the molecule is O=C(O)Cc1c[nH]c2c(F)cc(Br)cc12. The summed E-state index contributed by atoms with van der Waals surface area (Å²) in [6, 6.07) is 3.04. The Bertz CT molecular complexity index is 535. The van der Waals surface area contributed by atoms with Gasteiger partial charge in [0.1, 0.15) is 5.82 Å². The van der Waals surface area contributed by atoms with Crippen molar-refractivity contribution in [3.05, 3.63) is 34.2 Å². The Balaban J connectivity index is 2.63. The molecule has 0 radical (unpaired) electrons. The molecule has 1 aromatic carbocycles. The third-order valence-electron chi connectivity index (χ3n) is 2.13. The minimum Gasteiger partial charge on any atom is -0.481 e. The van der Waals surface area contributed by atoms with E-state index in [2.05, 4.69) is 20.9 Å². The van der Waals surface area contributed by atoms with Crippen molar-refractivity contribution in [2.45, 2.75) is 6.42 Å². The van der Waals surface area contributed by atoms with Crippen LogP contribution in [0.15, 0.2) is 22.8 Å². The van der Waals surface area contributed by atoms with Crippen LogP contribution in [-0.4, -0.2) is 16.1 Å². The number of fused-ring (bicyclic) bond motifs is 1. The van der Waals surface area contributed by atoms with Crippen LogP contribution in [-0.2, 0) is 11.2 Å². The fourth-order valence-corrected chi connectivity index (χ4v) is 1.95. The highest BCUT2D eigenvalue weighted by Crippen LogP contribution is 2.25. The van der Waals surface area contributed by atoms with Crippen LogP contribution in [0.5, 0.6) is 0 Å². The molecule has 3 nitrogen and oxygen atoms in total. The van der Waals surface area contributed by atoms with E-state index in [9.17, 15) is 9.18 Å². The molecule has 2 N–H and O–H groups in total. The number of carbonyl (C=O) groups is 1. The van der Waals surface area contributed by atoms with E-state index in [4.69, 9.17) is 5.11 Å². The molecular weight excluding hydrogens is 265 g/mol. The second-order valence-electron chi connectivity index (χ2n) is 3.19. The first-order valence-corrected chi connectivity index (χ1v) is 5.04. The molecule has 0 atom stereocenters. The van der Waals surface area contributed by atoms with Crippen molar-refractivity contribution in [2.75, 3.05) is 0 Å². The number of carboxylic acid groups (broad SMARTS) is 1. The van der Waals surface area contributed by atoms with Crippen molar-refractivity contribution in [3.8, 4) is 0 Å². The average Bonchev–Trinajstić information content (AvgIpc) is 2.48. The number of halogens is 2. The molecule has 0 saturated heterocycles. The second-order valence-corrected chi connectivity index (χ2v) is 4.11. The average molecular weight is 272 g/mol. The first-order valence-electron chi connectivity index (χ1n) is 4.24. The van der Waals surface area contributed by atoms with Crippen LogP contribution in [0, 0.1) is 5.82 Å². The van der Waals surface area contributed by atoms with Gasteiger partial charge in [-0.3, -0.25) is 4.79 Å². The largest absolute Gasteiger partial charge is 0.481 e. The molecule has 0 spiro atoms. The van der Waals surface area contributed by atoms with Crippen LogP contribution in [0.3, 0.4) is 0 Å². The molecule has 2 aromatic rings. The molecule has 0 fully saturated rings. The van der Waals surface area contributed by atoms with Gasteiger partial charge >= 0.3 is 5.97 Å². The zero-order valence-corrected chi connectivity index (χ0v) is 9.14. The molecule has 15 heavy (non-hydrogen) atoms. The van der Waals surface area contributed by atoms with Gasteiger partial charge in [-0.1, -0.05) is 15.9 Å². The number of nitrogens with one attached hydrogen (secondary N) is 1. The standard InChI is InChI=1S/C10H7BrFNO2/c11-6-2-7-5(1-9(14)15)4-13-10(7)8(12)3-6/h2-4,13H,1H2,(H,14,15). The molecule has 1 aromatic heterocycles. The third kappa shape index (κ3) is 1.87. The summed E-state index contributed by atoms with van der Waals surface area (Å²) in [5.41, 5.74) is 0.923. The van der Waals surface area contributed by atoms with E-state index in [-0.39, 0.29) is 6.42 Å². The van der Waals surface area contributed by atoms with E-state index in [1.807, 2.05) is 0 Å². The van der Waals surface area contributed by atoms with Crippen LogP contribution >= 0.6 is 15.9 Å². The van der Waals surface area contributed by atoms with Gasteiger partial charge in [-0.2, -0.15) is 0 Å². The molecule has 0 unspecified atom stereocenters. The van der Waals surface area contributed by atoms with E-state index in [1.165, 1.54) is 12.3 Å². The molecule has 5 heteroatoms. The Hall–Kier alpha value is -1.36. The maximum Gasteiger partial charge on any atom is 0.307 e. The van der Waals surface area contributed by atoms with Crippen LogP contribution in [0.2, 0.25) is 0 Å². The van der Waals surface area contributed by atoms with Gasteiger partial charge in [-0.25, -0.2) is 4.39 Å². The molecule has 78 valence electrons. The predicted octanol–water partition coefficient (Wildman–Crippen LogP) is 2.70. The normalized spacial score (nSPS) is 10.8. The Morgan fingerprint density at radius 3 is 2.93 bits per heavy atom. The highest BCUT2D eigenvalue weighted by Gasteiger charge is 2.11. The summed E-state index contributed by atoms with van der Waals surface area (Å²) in [4.78, 5) is 13.3. The summed E-state index contributed by atoms with van der Waals surface area (Å²) in [6.45, 7) is 0. The van der Waals surface area contributed by atoms with E-state index >= 15 is 0 Å². The molecule has 0 aliphatic heterocycles. The first-order chi connectivity index (χ1) is 7.08. The van der Waals surface area contributed by atoms with Gasteiger partial charge < -0.3 is 10.1 Å². The quantitative estimate of drug-likeness (QED) is 0.883. The van der Waals surface area contributed by atoms with Crippen LogP contribution in [0.4, 0.5) is 4.39 Å². The van der Waals surface area contributed by atoms with Gasteiger partial charge in [-0.15, -0.1) is 0 Å². The molecule has 0 bridgehead atoms. The Kier molecular flexibility index (Phi) is 2.48. The lowest BCUT2D eigenvalue weighted by molar-refractivity contribution is -0.136. The Morgan fingerprint density at radius 1 is 1.53 bits per heavy atom. The number of hydrogen-bond donors (Lipinski definition) is 2. The number of rotatable bonds is 2. The van der Waals surface area contributed by atoms with Gasteiger partial charge in [0.15, 0.2) is 0 Å². The zero-order valence-electron chi connectivity index (χ0n) is 7.55. The molecule has 0 aliphatic carbocycles. The van der Waals surface area contributed by atoms with Gasteiger partial charge in [0.05, 0.1) is 11.9 Å². The van der Waals surface area contributed by atoms with Gasteiger partial charge in [-0.05, 0) is 17.7 Å². The predicted molar refractivity (Wildman–Crippen MR) is 57.3 cm³/mol. The Morgan fingerprint density at radius 2 is 2.27 bits per heavy atom. The number of aromatic nitrogens is 1. The maximum atomic E-state index is 13.4. The lowest BCUT2D eigenvalue weighted by Gasteiger charge is -1.97. The van der Waals surface area contributed by atoms with E-state index < -0.39 is 11.8 Å². The van der Waals surface area contributed by atoms with Crippen molar-refractivity contribution in [1.29, 1.82) is 0 Å². The highest BCUT2D eigenvalue weighted by atomic mass is 79.9. The highest BCUT2D eigenvalue weighted by molar-refractivity contribution is 9.10. The lowest BCUT2D eigenvalue weighted by Crippen LogP contribution is -1.98. The molecule has 0 amide bonds.